The van der Waals surface area contributed by atoms with Gasteiger partial charge in [-0.15, -0.1) is 0 Å². The van der Waals surface area contributed by atoms with Gasteiger partial charge in [0.2, 0.25) is 0 Å². The topological polar surface area (TPSA) is 30.5 Å². The molecule has 0 fully saturated rings. The molecule has 0 spiro atoms. The Morgan fingerprint density at radius 2 is 1.55 bits per heavy atom. The zero-order valence-corrected chi connectivity index (χ0v) is 12.2. The van der Waals surface area contributed by atoms with Crippen LogP contribution < -0.4 is 14.8 Å². The highest BCUT2D eigenvalue weighted by Gasteiger charge is 2.10. The Hall–Kier alpha value is -2.00. The van der Waals surface area contributed by atoms with Crippen molar-refractivity contribution in [2.75, 3.05) is 20.8 Å². The molecular formula is C17H21NO2. The maximum Gasteiger partial charge on any atom is 0.119 e. The monoisotopic (exact) mass is 271 g/mol. The molecule has 1 N–H and O–H groups in total. The molecule has 0 aromatic heterocycles. The standard InChI is InChI=1S/C17H21NO2/c1-13-4-8-16(9-5-13)20-12-17(18-2)14-6-10-15(19-3)11-7-14/h4-11,17-18H,12H2,1-3H3. The predicted octanol–water partition coefficient (Wildman–Crippen LogP) is 3.34. The Bertz CT molecular complexity index is 520. The number of nitrogens with one attached hydrogen (secondary N) is 1. The molecule has 106 valence electrons. The molecule has 0 heterocycles. The normalized spacial score (nSPS) is 11.9. The molecule has 0 saturated heterocycles. The van der Waals surface area contributed by atoms with Crippen LogP contribution >= 0.6 is 0 Å². The zero-order valence-electron chi connectivity index (χ0n) is 12.2. The summed E-state index contributed by atoms with van der Waals surface area (Å²) in [5, 5.41) is 3.27. The molecule has 1 unspecified atom stereocenters. The van der Waals surface area contributed by atoms with Crippen molar-refractivity contribution >= 4 is 0 Å². The molecule has 0 radical (unpaired) electrons. The van der Waals surface area contributed by atoms with Crippen LogP contribution in [0.3, 0.4) is 0 Å². The van der Waals surface area contributed by atoms with Crippen molar-refractivity contribution in [1.29, 1.82) is 0 Å². The van der Waals surface area contributed by atoms with E-state index in [2.05, 4.69) is 36.5 Å². The van der Waals surface area contributed by atoms with Crippen LogP contribution in [0.2, 0.25) is 0 Å². The van der Waals surface area contributed by atoms with Crippen LogP contribution in [-0.2, 0) is 0 Å². The lowest BCUT2D eigenvalue weighted by Gasteiger charge is -2.18. The average molecular weight is 271 g/mol. The fraction of sp³-hybridized carbons (Fsp3) is 0.294. The Morgan fingerprint density at radius 3 is 2.10 bits per heavy atom. The van der Waals surface area contributed by atoms with E-state index in [1.54, 1.807) is 7.11 Å². The SMILES string of the molecule is CNC(COc1ccc(C)cc1)c1ccc(OC)cc1. The van der Waals surface area contributed by atoms with E-state index in [9.17, 15) is 0 Å². The lowest BCUT2D eigenvalue weighted by Crippen LogP contribution is -2.23. The average Bonchev–Trinajstić information content (AvgIpc) is 2.50. The Labute approximate surface area is 120 Å². The van der Waals surface area contributed by atoms with E-state index in [-0.39, 0.29) is 6.04 Å². The van der Waals surface area contributed by atoms with E-state index >= 15 is 0 Å². The van der Waals surface area contributed by atoms with Gasteiger partial charge >= 0.3 is 0 Å². The summed E-state index contributed by atoms with van der Waals surface area (Å²) in [4.78, 5) is 0. The minimum absolute atomic E-state index is 0.155. The fourth-order valence-electron chi connectivity index (χ4n) is 2.00. The molecule has 2 aromatic rings. The second-order valence-corrected chi connectivity index (χ2v) is 4.74. The minimum Gasteiger partial charge on any atom is -0.497 e. The Morgan fingerprint density at radius 1 is 0.950 bits per heavy atom. The highest BCUT2D eigenvalue weighted by molar-refractivity contribution is 5.30. The van der Waals surface area contributed by atoms with E-state index in [0.717, 1.165) is 11.5 Å². The minimum atomic E-state index is 0.155. The molecule has 2 rings (SSSR count). The molecule has 0 aliphatic carbocycles. The van der Waals surface area contributed by atoms with Crippen molar-refractivity contribution in [1.82, 2.24) is 5.32 Å². The van der Waals surface area contributed by atoms with E-state index in [4.69, 9.17) is 9.47 Å². The third-order valence-electron chi connectivity index (χ3n) is 3.30. The highest BCUT2D eigenvalue weighted by atomic mass is 16.5. The molecule has 0 amide bonds. The van der Waals surface area contributed by atoms with Crippen LogP contribution in [0.4, 0.5) is 0 Å². The number of rotatable bonds is 6. The lowest BCUT2D eigenvalue weighted by atomic mass is 10.1. The largest absolute Gasteiger partial charge is 0.497 e. The molecular weight excluding hydrogens is 250 g/mol. The maximum atomic E-state index is 5.83. The van der Waals surface area contributed by atoms with Crippen LogP contribution in [0.25, 0.3) is 0 Å². The first kappa shape index (κ1) is 14.4. The number of hydrogen-bond acceptors (Lipinski definition) is 3. The summed E-state index contributed by atoms with van der Waals surface area (Å²) in [5.41, 5.74) is 2.41. The molecule has 0 aliphatic rings. The second-order valence-electron chi connectivity index (χ2n) is 4.74. The summed E-state index contributed by atoms with van der Waals surface area (Å²) in [5.74, 6) is 1.76. The van der Waals surface area contributed by atoms with Gasteiger partial charge in [0.05, 0.1) is 13.2 Å². The van der Waals surface area contributed by atoms with E-state index in [1.807, 2.05) is 31.3 Å². The van der Waals surface area contributed by atoms with E-state index in [1.165, 1.54) is 11.1 Å². The van der Waals surface area contributed by atoms with Crippen LogP contribution in [0.5, 0.6) is 11.5 Å². The van der Waals surface area contributed by atoms with Gasteiger partial charge in [0.15, 0.2) is 0 Å². The predicted molar refractivity (Wildman–Crippen MR) is 81.5 cm³/mol. The van der Waals surface area contributed by atoms with Crippen molar-refractivity contribution in [3.63, 3.8) is 0 Å². The van der Waals surface area contributed by atoms with Gasteiger partial charge in [-0.25, -0.2) is 0 Å². The van der Waals surface area contributed by atoms with Gasteiger partial charge in [-0.3, -0.25) is 0 Å². The first-order valence-electron chi connectivity index (χ1n) is 6.73. The molecule has 3 heteroatoms. The molecule has 3 nitrogen and oxygen atoms in total. The van der Waals surface area contributed by atoms with Crippen LogP contribution in [-0.4, -0.2) is 20.8 Å². The third-order valence-corrected chi connectivity index (χ3v) is 3.30. The van der Waals surface area contributed by atoms with Gasteiger partial charge < -0.3 is 14.8 Å². The van der Waals surface area contributed by atoms with Crippen LogP contribution in [0, 0.1) is 6.92 Å². The smallest absolute Gasteiger partial charge is 0.119 e. The van der Waals surface area contributed by atoms with E-state index in [0.29, 0.717) is 6.61 Å². The van der Waals surface area contributed by atoms with E-state index < -0.39 is 0 Å². The Balaban J connectivity index is 1.99. The Kier molecular flexibility index (Phi) is 5.02. The van der Waals surface area contributed by atoms with Gasteiger partial charge in [-0.05, 0) is 43.8 Å². The highest BCUT2D eigenvalue weighted by Crippen LogP contribution is 2.19. The summed E-state index contributed by atoms with van der Waals surface area (Å²) in [7, 11) is 3.61. The first-order valence-corrected chi connectivity index (χ1v) is 6.73. The fourth-order valence-corrected chi connectivity index (χ4v) is 2.00. The molecule has 0 bridgehead atoms. The number of aryl methyl sites for hydroxylation is 1. The van der Waals surface area contributed by atoms with Crippen LogP contribution in [0.15, 0.2) is 48.5 Å². The van der Waals surface area contributed by atoms with Gasteiger partial charge in [0.25, 0.3) is 0 Å². The summed E-state index contributed by atoms with van der Waals surface area (Å²) in [6, 6.07) is 16.3. The summed E-state index contributed by atoms with van der Waals surface area (Å²) >= 11 is 0. The molecule has 1 atom stereocenters. The molecule has 0 saturated carbocycles. The quantitative estimate of drug-likeness (QED) is 0.874. The van der Waals surface area contributed by atoms with Crippen molar-refractivity contribution in [3.05, 3.63) is 59.7 Å². The molecule has 0 aliphatic heterocycles. The third kappa shape index (κ3) is 3.75. The van der Waals surface area contributed by atoms with Crippen molar-refractivity contribution < 1.29 is 9.47 Å². The van der Waals surface area contributed by atoms with Crippen molar-refractivity contribution in [2.45, 2.75) is 13.0 Å². The van der Waals surface area contributed by atoms with Gasteiger partial charge in [-0.1, -0.05) is 29.8 Å². The maximum absolute atomic E-state index is 5.83. The number of methoxy groups -OCH3 is 1. The number of hydrogen-bond donors (Lipinski definition) is 1. The summed E-state index contributed by atoms with van der Waals surface area (Å²) < 4.78 is 11.0. The number of likely N-dealkylation sites (N-methyl/N-ethyl adjacent to an activating group) is 1. The number of benzene rings is 2. The van der Waals surface area contributed by atoms with Crippen LogP contribution in [0.1, 0.15) is 17.2 Å². The molecule has 20 heavy (non-hydrogen) atoms. The van der Waals surface area contributed by atoms with Gasteiger partial charge in [0, 0.05) is 0 Å². The second kappa shape index (κ2) is 6.96. The molecule has 2 aromatic carbocycles. The summed E-state index contributed by atoms with van der Waals surface area (Å²) in [6.07, 6.45) is 0. The number of ether oxygens (including phenoxy) is 2. The lowest BCUT2D eigenvalue weighted by molar-refractivity contribution is 0.273. The van der Waals surface area contributed by atoms with Crippen molar-refractivity contribution in [3.8, 4) is 11.5 Å². The van der Waals surface area contributed by atoms with Gasteiger partial charge in [-0.2, -0.15) is 0 Å². The van der Waals surface area contributed by atoms with Gasteiger partial charge in [0.1, 0.15) is 18.1 Å². The van der Waals surface area contributed by atoms with Crippen molar-refractivity contribution in [2.24, 2.45) is 0 Å². The summed E-state index contributed by atoms with van der Waals surface area (Å²) in [6.45, 7) is 2.66. The first-order chi connectivity index (χ1) is 9.72. The zero-order chi connectivity index (χ0) is 14.4.